The van der Waals surface area contributed by atoms with Crippen molar-refractivity contribution < 1.29 is 4.79 Å². The van der Waals surface area contributed by atoms with Crippen LogP contribution in [0, 0.1) is 0 Å². The number of thiazole rings is 1. The van der Waals surface area contributed by atoms with Crippen molar-refractivity contribution >= 4 is 22.9 Å². The second-order valence-corrected chi connectivity index (χ2v) is 7.26. The van der Waals surface area contributed by atoms with Gasteiger partial charge in [-0.25, -0.2) is 9.97 Å². The Morgan fingerprint density at radius 1 is 1.28 bits per heavy atom. The number of fused-ring (bicyclic) bond motifs is 2. The van der Waals surface area contributed by atoms with Gasteiger partial charge in [-0.15, -0.1) is 11.3 Å². The number of nitrogens with one attached hydrogen (secondary N) is 1. The summed E-state index contributed by atoms with van der Waals surface area (Å²) in [5, 5.41) is 3.86. The summed E-state index contributed by atoms with van der Waals surface area (Å²) in [6.07, 6.45) is 8.29. The van der Waals surface area contributed by atoms with Gasteiger partial charge in [0.05, 0.1) is 10.7 Å². The van der Waals surface area contributed by atoms with Crippen LogP contribution in [0.3, 0.4) is 0 Å². The molecular weight excluding hydrogens is 336 g/mol. The molecule has 3 heterocycles. The molecule has 128 valence electrons. The molecule has 6 nitrogen and oxygen atoms in total. The highest BCUT2D eigenvalue weighted by molar-refractivity contribution is 7.11. The summed E-state index contributed by atoms with van der Waals surface area (Å²) >= 11 is 1.75. The molecule has 0 spiro atoms. The molecule has 25 heavy (non-hydrogen) atoms. The van der Waals surface area contributed by atoms with E-state index >= 15 is 0 Å². The van der Waals surface area contributed by atoms with Gasteiger partial charge in [-0.05, 0) is 37.8 Å². The molecule has 1 aliphatic rings. The van der Waals surface area contributed by atoms with Crippen molar-refractivity contribution in [2.75, 3.05) is 6.54 Å². The van der Waals surface area contributed by atoms with E-state index in [-0.39, 0.29) is 11.1 Å². The van der Waals surface area contributed by atoms with Gasteiger partial charge in [-0.2, -0.15) is 0 Å². The van der Waals surface area contributed by atoms with Crippen LogP contribution >= 0.6 is 11.3 Å². The van der Waals surface area contributed by atoms with Crippen LogP contribution in [0.5, 0.6) is 0 Å². The number of aromatic nitrogens is 3. The standard InChI is InChI=1S/C18H18N4O2S/c23-17(12-11-20-15-7-3-4-10-22(15)18(12)24)19-9-8-16-21-13-5-1-2-6-14(13)25-16/h3-4,7,10-11H,1-2,5-6,8-9H2,(H,19,23). The first-order valence-electron chi connectivity index (χ1n) is 8.44. The van der Waals surface area contributed by atoms with E-state index in [4.69, 9.17) is 0 Å². The second-order valence-electron chi connectivity index (χ2n) is 6.10. The molecule has 0 saturated heterocycles. The zero-order valence-corrected chi connectivity index (χ0v) is 14.5. The van der Waals surface area contributed by atoms with Crippen LogP contribution in [0.15, 0.2) is 35.4 Å². The monoisotopic (exact) mass is 354 g/mol. The number of rotatable bonds is 4. The summed E-state index contributed by atoms with van der Waals surface area (Å²) in [6, 6.07) is 5.27. The van der Waals surface area contributed by atoms with E-state index in [1.807, 2.05) is 0 Å². The van der Waals surface area contributed by atoms with Gasteiger partial charge in [0.25, 0.3) is 11.5 Å². The van der Waals surface area contributed by atoms with Crippen LogP contribution in [0.1, 0.15) is 38.8 Å². The van der Waals surface area contributed by atoms with Crippen LogP contribution in [0.2, 0.25) is 0 Å². The van der Waals surface area contributed by atoms with Gasteiger partial charge in [-0.1, -0.05) is 6.07 Å². The average molecular weight is 354 g/mol. The Morgan fingerprint density at radius 3 is 3.04 bits per heavy atom. The Balaban J connectivity index is 1.43. The molecule has 0 aliphatic heterocycles. The maximum Gasteiger partial charge on any atom is 0.270 e. The smallest absolute Gasteiger partial charge is 0.270 e. The fourth-order valence-electron chi connectivity index (χ4n) is 3.07. The molecule has 4 rings (SSSR count). The predicted molar refractivity (Wildman–Crippen MR) is 96.3 cm³/mol. The lowest BCUT2D eigenvalue weighted by atomic mass is 10.0. The first-order chi connectivity index (χ1) is 12.2. The normalized spacial score (nSPS) is 13.6. The molecule has 0 atom stereocenters. The Morgan fingerprint density at radius 2 is 2.16 bits per heavy atom. The third-order valence-electron chi connectivity index (χ3n) is 4.37. The zero-order valence-electron chi connectivity index (χ0n) is 13.7. The Hall–Kier alpha value is -2.54. The van der Waals surface area contributed by atoms with Gasteiger partial charge >= 0.3 is 0 Å². The van der Waals surface area contributed by atoms with Gasteiger partial charge in [0.15, 0.2) is 0 Å². The van der Waals surface area contributed by atoms with Crippen LogP contribution in [-0.4, -0.2) is 26.8 Å². The van der Waals surface area contributed by atoms with Gasteiger partial charge in [0, 0.05) is 30.2 Å². The predicted octanol–water partition coefficient (Wildman–Crippen LogP) is 2.00. The van der Waals surface area contributed by atoms with Crippen LogP contribution in [0.4, 0.5) is 0 Å². The average Bonchev–Trinajstić information content (AvgIpc) is 3.05. The molecule has 1 N–H and O–H groups in total. The van der Waals surface area contributed by atoms with Crippen LogP contribution < -0.4 is 10.9 Å². The van der Waals surface area contributed by atoms with Crippen LogP contribution in [-0.2, 0) is 19.3 Å². The number of nitrogens with zero attached hydrogens (tertiary/aromatic N) is 3. The number of carbonyl (C=O) groups is 1. The van der Waals surface area contributed by atoms with E-state index in [9.17, 15) is 9.59 Å². The molecule has 1 amide bonds. The summed E-state index contributed by atoms with van der Waals surface area (Å²) in [4.78, 5) is 34.9. The third-order valence-corrected chi connectivity index (χ3v) is 5.59. The van der Waals surface area contributed by atoms with E-state index in [2.05, 4.69) is 15.3 Å². The summed E-state index contributed by atoms with van der Waals surface area (Å²) in [5.41, 5.74) is 1.46. The Labute approximate surface area is 148 Å². The highest BCUT2D eigenvalue weighted by atomic mass is 32.1. The van der Waals surface area contributed by atoms with E-state index in [1.165, 1.54) is 34.0 Å². The van der Waals surface area contributed by atoms with E-state index in [1.54, 1.807) is 35.7 Å². The van der Waals surface area contributed by atoms with E-state index in [0.29, 0.717) is 18.6 Å². The van der Waals surface area contributed by atoms with Crippen molar-refractivity contribution in [2.45, 2.75) is 32.1 Å². The van der Waals surface area contributed by atoms with Gasteiger partial charge < -0.3 is 5.32 Å². The van der Waals surface area contributed by atoms with Crippen LogP contribution in [0.25, 0.3) is 5.65 Å². The largest absolute Gasteiger partial charge is 0.351 e. The van der Waals surface area contributed by atoms with Crippen molar-refractivity contribution in [3.05, 3.63) is 62.1 Å². The molecule has 7 heteroatoms. The van der Waals surface area contributed by atoms with Crippen molar-refractivity contribution in [2.24, 2.45) is 0 Å². The minimum atomic E-state index is -0.392. The van der Waals surface area contributed by atoms with Crippen molar-refractivity contribution in [3.63, 3.8) is 0 Å². The summed E-state index contributed by atoms with van der Waals surface area (Å²) < 4.78 is 1.38. The number of pyridine rings is 1. The summed E-state index contributed by atoms with van der Waals surface area (Å²) in [5.74, 6) is -0.392. The topological polar surface area (TPSA) is 76.4 Å². The molecule has 3 aromatic heterocycles. The number of hydrogen-bond acceptors (Lipinski definition) is 5. The molecule has 0 radical (unpaired) electrons. The number of hydrogen-bond donors (Lipinski definition) is 1. The lowest BCUT2D eigenvalue weighted by Gasteiger charge is -2.06. The maximum atomic E-state index is 12.4. The SMILES string of the molecule is O=C(NCCc1nc2c(s1)CCCC2)c1cnc2ccccn2c1=O. The quantitative estimate of drug-likeness (QED) is 0.777. The molecule has 1 aliphatic carbocycles. The molecule has 3 aromatic rings. The number of amides is 1. The maximum absolute atomic E-state index is 12.4. The van der Waals surface area contributed by atoms with E-state index in [0.717, 1.165) is 17.8 Å². The zero-order chi connectivity index (χ0) is 17.2. The Bertz CT molecular complexity index is 969. The summed E-state index contributed by atoms with van der Waals surface area (Å²) in [6.45, 7) is 0.460. The molecule has 0 aromatic carbocycles. The molecule has 0 unspecified atom stereocenters. The summed E-state index contributed by atoms with van der Waals surface area (Å²) in [7, 11) is 0. The first kappa shape index (κ1) is 16.0. The molecule has 0 bridgehead atoms. The second kappa shape index (κ2) is 6.76. The van der Waals surface area contributed by atoms with E-state index < -0.39 is 5.91 Å². The molecular formula is C18H18N4O2S. The minimum Gasteiger partial charge on any atom is -0.351 e. The number of aryl methyl sites for hydroxylation is 2. The fraction of sp³-hybridized carbons (Fsp3) is 0.333. The van der Waals surface area contributed by atoms with Crippen molar-refractivity contribution in [1.29, 1.82) is 0 Å². The van der Waals surface area contributed by atoms with Crippen molar-refractivity contribution in [1.82, 2.24) is 19.7 Å². The number of carbonyl (C=O) groups excluding carboxylic acids is 1. The minimum absolute atomic E-state index is 0.0575. The lowest BCUT2D eigenvalue weighted by Crippen LogP contribution is -2.32. The Kier molecular flexibility index (Phi) is 4.31. The first-order valence-corrected chi connectivity index (χ1v) is 9.26. The fourth-order valence-corrected chi connectivity index (χ4v) is 4.23. The lowest BCUT2D eigenvalue weighted by molar-refractivity contribution is 0.0952. The highest BCUT2D eigenvalue weighted by Gasteiger charge is 2.16. The molecule has 0 fully saturated rings. The van der Waals surface area contributed by atoms with Crippen molar-refractivity contribution in [3.8, 4) is 0 Å². The van der Waals surface area contributed by atoms with Gasteiger partial charge in [-0.3, -0.25) is 14.0 Å². The van der Waals surface area contributed by atoms with Gasteiger partial charge in [0.2, 0.25) is 0 Å². The molecule has 0 saturated carbocycles. The third kappa shape index (κ3) is 3.19. The highest BCUT2D eigenvalue weighted by Crippen LogP contribution is 2.26. The van der Waals surface area contributed by atoms with Gasteiger partial charge in [0.1, 0.15) is 11.2 Å².